The summed E-state index contributed by atoms with van der Waals surface area (Å²) in [5, 5.41) is 3.29. The molecule has 1 aliphatic carbocycles. The molecule has 1 heterocycles. The molecule has 1 aliphatic heterocycles. The molecule has 1 saturated heterocycles. The van der Waals surface area contributed by atoms with Crippen molar-refractivity contribution >= 4 is 0 Å². The third-order valence-corrected chi connectivity index (χ3v) is 4.14. The van der Waals surface area contributed by atoms with Crippen molar-refractivity contribution in [2.75, 3.05) is 13.1 Å². The van der Waals surface area contributed by atoms with E-state index in [1.54, 1.807) is 0 Å². The van der Waals surface area contributed by atoms with Gasteiger partial charge >= 0.3 is 6.18 Å². The third-order valence-electron chi connectivity index (χ3n) is 4.14. The number of benzene rings is 1. The summed E-state index contributed by atoms with van der Waals surface area (Å²) >= 11 is 0. The summed E-state index contributed by atoms with van der Waals surface area (Å²) in [6.45, 7) is 1.85. The Hall–Kier alpha value is -1.03. The van der Waals surface area contributed by atoms with Crippen molar-refractivity contribution in [3.05, 3.63) is 35.4 Å². The molecular weight excluding hydrogens is 227 g/mol. The molecule has 2 unspecified atom stereocenters. The number of fused-ring (bicyclic) bond motifs is 1. The van der Waals surface area contributed by atoms with Gasteiger partial charge in [-0.1, -0.05) is 18.2 Å². The van der Waals surface area contributed by atoms with E-state index in [2.05, 4.69) is 5.32 Å². The molecule has 0 bridgehead atoms. The van der Waals surface area contributed by atoms with Crippen molar-refractivity contribution in [1.29, 1.82) is 0 Å². The summed E-state index contributed by atoms with van der Waals surface area (Å²) in [7, 11) is 0. The van der Waals surface area contributed by atoms with Gasteiger partial charge in [0.05, 0.1) is 5.56 Å². The number of hydrogen-bond acceptors (Lipinski definition) is 1. The van der Waals surface area contributed by atoms with Crippen LogP contribution in [0.4, 0.5) is 13.2 Å². The van der Waals surface area contributed by atoms with Gasteiger partial charge in [-0.2, -0.15) is 13.2 Å². The molecular formula is C13H14F3N. The maximum atomic E-state index is 12.7. The molecule has 1 nitrogen and oxygen atoms in total. The maximum absolute atomic E-state index is 12.7. The highest BCUT2D eigenvalue weighted by atomic mass is 19.4. The van der Waals surface area contributed by atoms with Crippen LogP contribution in [-0.2, 0) is 11.6 Å². The van der Waals surface area contributed by atoms with E-state index in [4.69, 9.17) is 0 Å². The summed E-state index contributed by atoms with van der Waals surface area (Å²) in [4.78, 5) is 0. The van der Waals surface area contributed by atoms with Crippen LogP contribution < -0.4 is 5.32 Å². The van der Waals surface area contributed by atoms with Crippen LogP contribution in [0.3, 0.4) is 0 Å². The first-order valence-corrected chi connectivity index (χ1v) is 5.91. The largest absolute Gasteiger partial charge is 0.416 e. The minimum Gasteiger partial charge on any atom is -0.316 e. The second-order valence-corrected chi connectivity index (χ2v) is 5.09. The second kappa shape index (κ2) is 3.48. The van der Waals surface area contributed by atoms with Crippen LogP contribution in [-0.4, -0.2) is 13.1 Å². The molecule has 2 aliphatic rings. The van der Waals surface area contributed by atoms with Crippen LogP contribution in [0.15, 0.2) is 24.3 Å². The molecule has 3 rings (SSSR count). The minimum atomic E-state index is -4.23. The van der Waals surface area contributed by atoms with Gasteiger partial charge in [-0.05, 0) is 43.5 Å². The van der Waals surface area contributed by atoms with E-state index in [0.29, 0.717) is 5.92 Å². The van der Waals surface area contributed by atoms with E-state index >= 15 is 0 Å². The zero-order valence-electron chi connectivity index (χ0n) is 9.35. The predicted molar refractivity (Wildman–Crippen MR) is 58.7 cm³/mol. The molecule has 4 heteroatoms. The summed E-state index contributed by atoms with van der Waals surface area (Å²) in [6, 6.07) is 5.87. The lowest BCUT2D eigenvalue weighted by atomic mass is 9.87. The van der Waals surface area contributed by atoms with Crippen LogP contribution in [0.1, 0.15) is 24.0 Å². The molecule has 1 aromatic carbocycles. The minimum absolute atomic E-state index is 0.0342. The highest BCUT2D eigenvalue weighted by Crippen LogP contribution is 2.58. The van der Waals surface area contributed by atoms with Gasteiger partial charge in [0.2, 0.25) is 0 Å². The predicted octanol–water partition coefficient (Wildman–Crippen LogP) is 2.96. The highest BCUT2D eigenvalue weighted by Gasteiger charge is 2.56. The Bertz CT molecular complexity index is 441. The van der Waals surface area contributed by atoms with Gasteiger partial charge in [0.15, 0.2) is 0 Å². The summed E-state index contributed by atoms with van der Waals surface area (Å²) in [5.41, 5.74) is 0.388. The average molecular weight is 241 g/mol. The molecule has 17 heavy (non-hydrogen) atoms. The number of halogens is 3. The lowest BCUT2D eigenvalue weighted by Gasteiger charge is -2.24. The zero-order valence-corrected chi connectivity index (χ0v) is 9.35. The maximum Gasteiger partial charge on any atom is 0.416 e. The van der Waals surface area contributed by atoms with Crippen molar-refractivity contribution in [3.63, 3.8) is 0 Å². The van der Waals surface area contributed by atoms with Crippen LogP contribution in [0.25, 0.3) is 0 Å². The summed E-state index contributed by atoms with van der Waals surface area (Å²) < 4.78 is 38.0. The Balaban J connectivity index is 1.94. The number of rotatable bonds is 1. The molecule has 1 aromatic rings. The van der Waals surface area contributed by atoms with Crippen LogP contribution in [0.2, 0.25) is 0 Å². The number of nitrogens with one attached hydrogen (secondary N) is 1. The van der Waals surface area contributed by atoms with Gasteiger partial charge in [0.1, 0.15) is 0 Å². The Morgan fingerprint density at radius 3 is 2.82 bits per heavy atom. The molecule has 0 radical (unpaired) electrons. The topological polar surface area (TPSA) is 12.0 Å². The molecule has 0 aromatic heterocycles. The zero-order chi connectivity index (χ0) is 12.1. The average Bonchev–Trinajstić information content (AvgIpc) is 3.04. The Kier molecular flexibility index (Phi) is 2.27. The summed E-state index contributed by atoms with van der Waals surface area (Å²) in [5.74, 6) is 0.528. The lowest BCUT2D eigenvalue weighted by molar-refractivity contribution is -0.137. The first-order valence-electron chi connectivity index (χ1n) is 5.91. The van der Waals surface area contributed by atoms with Crippen molar-refractivity contribution in [1.82, 2.24) is 5.32 Å². The first kappa shape index (κ1) is 11.1. The number of piperidine rings is 1. The van der Waals surface area contributed by atoms with Gasteiger partial charge < -0.3 is 5.32 Å². The van der Waals surface area contributed by atoms with E-state index in [9.17, 15) is 13.2 Å². The monoisotopic (exact) mass is 241 g/mol. The number of alkyl halides is 3. The van der Waals surface area contributed by atoms with E-state index in [1.165, 1.54) is 12.1 Å². The molecule has 2 atom stereocenters. The van der Waals surface area contributed by atoms with E-state index in [0.717, 1.165) is 37.6 Å². The lowest BCUT2D eigenvalue weighted by Crippen LogP contribution is -2.31. The SMILES string of the molecule is FC(F)(F)c1cccc(C23CCNCC2C3)c1. The molecule has 0 amide bonds. The normalized spacial score (nSPS) is 32.1. The van der Waals surface area contributed by atoms with Crippen molar-refractivity contribution < 1.29 is 13.2 Å². The van der Waals surface area contributed by atoms with E-state index in [-0.39, 0.29) is 5.41 Å². The highest BCUT2D eigenvalue weighted by molar-refractivity contribution is 5.38. The molecule has 1 saturated carbocycles. The molecule has 2 fully saturated rings. The van der Waals surface area contributed by atoms with Gasteiger partial charge in [0, 0.05) is 5.41 Å². The smallest absolute Gasteiger partial charge is 0.316 e. The van der Waals surface area contributed by atoms with Crippen LogP contribution in [0, 0.1) is 5.92 Å². The fourth-order valence-corrected chi connectivity index (χ4v) is 3.05. The first-order chi connectivity index (χ1) is 8.02. The van der Waals surface area contributed by atoms with Crippen molar-refractivity contribution in [3.8, 4) is 0 Å². The molecule has 1 N–H and O–H groups in total. The summed E-state index contributed by atoms with van der Waals surface area (Å²) in [6.07, 6.45) is -2.25. The Morgan fingerprint density at radius 2 is 2.12 bits per heavy atom. The Morgan fingerprint density at radius 1 is 1.29 bits per heavy atom. The molecule has 92 valence electrons. The quantitative estimate of drug-likeness (QED) is 0.797. The van der Waals surface area contributed by atoms with Gasteiger partial charge in [-0.25, -0.2) is 0 Å². The van der Waals surface area contributed by atoms with Gasteiger partial charge in [0.25, 0.3) is 0 Å². The van der Waals surface area contributed by atoms with Crippen LogP contribution >= 0.6 is 0 Å². The third kappa shape index (κ3) is 1.75. The fourth-order valence-electron chi connectivity index (χ4n) is 3.05. The van der Waals surface area contributed by atoms with E-state index < -0.39 is 11.7 Å². The van der Waals surface area contributed by atoms with Crippen molar-refractivity contribution in [2.45, 2.75) is 24.4 Å². The van der Waals surface area contributed by atoms with Gasteiger partial charge in [-0.3, -0.25) is 0 Å². The number of hydrogen-bond donors (Lipinski definition) is 1. The van der Waals surface area contributed by atoms with Crippen LogP contribution in [0.5, 0.6) is 0 Å². The standard InChI is InChI=1S/C13H14F3N/c14-13(15,16)10-3-1-2-9(6-10)12-4-5-17-8-11(12)7-12/h1-3,6,11,17H,4-5,7-8H2. The van der Waals surface area contributed by atoms with E-state index in [1.807, 2.05) is 6.07 Å². The van der Waals surface area contributed by atoms with Crippen molar-refractivity contribution in [2.24, 2.45) is 5.92 Å². The van der Waals surface area contributed by atoms with Gasteiger partial charge in [-0.15, -0.1) is 0 Å². The fraction of sp³-hybridized carbons (Fsp3) is 0.538. The molecule has 0 spiro atoms. The Labute approximate surface area is 98.0 Å². The second-order valence-electron chi connectivity index (χ2n) is 5.09.